The molecular formula is C32H40BrN3O5S. The van der Waals surface area contributed by atoms with E-state index >= 15 is 0 Å². The van der Waals surface area contributed by atoms with Crippen molar-refractivity contribution in [1.82, 2.24) is 10.2 Å². The lowest BCUT2D eigenvalue weighted by Crippen LogP contribution is -2.52. The van der Waals surface area contributed by atoms with Gasteiger partial charge in [0.1, 0.15) is 18.3 Å². The average molecular weight is 659 g/mol. The molecule has 0 fully saturated rings. The van der Waals surface area contributed by atoms with Crippen molar-refractivity contribution in [1.29, 1.82) is 0 Å². The highest BCUT2D eigenvalue weighted by Gasteiger charge is 2.34. The highest BCUT2D eigenvalue weighted by atomic mass is 79.9. The van der Waals surface area contributed by atoms with Gasteiger partial charge in [-0.1, -0.05) is 61.0 Å². The molecule has 0 aliphatic heterocycles. The van der Waals surface area contributed by atoms with Crippen LogP contribution < -0.4 is 14.4 Å². The lowest BCUT2D eigenvalue weighted by molar-refractivity contribution is -0.140. The molecule has 0 bridgehead atoms. The molecular weight excluding hydrogens is 618 g/mol. The van der Waals surface area contributed by atoms with E-state index in [4.69, 9.17) is 4.74 Å². The number of nitrogens with one attached hydrogen (secondary N) is 1. The molecule has 226 valence electrons. The van der Waals surface area contributed by atoms with Crippen molar-refractivity contribution in [2.45, 2.75) is 58.5 Å². The first-order valence-corrected chi connectivity index (χ1v) is 16.3. The first kappa shape index (κ1) is 33.1. The molecule has 3 aromatic rings. The predicted molar refractivity (Wildman–Crippen MR) is 170 cm³/mol. The van der Waals surface area contributed by atoms with Crippen LogP contribution in [0, 0.1) is 12.8 Å². The molecule has 42 heavy (non-hydrogen) atoms. The molecule has 0 heterocycles. The maximum absolute atomic E-state index is 14.2. The van der Waals surface area contributed by atoms with Crippen molar-refractivity contribution in [2.24, 2.45) is 5.92 Å². The summed E-state index contributed by atoms with van der Waals surface area (Å²) in [5.74, 6) is 0.0664. The van der Waals surface area contributed by atoms with Gasteiger partial charge in [-0.2, -0.15) is 0 Å². The fourth-order valence-corrected chi connectivity index (χ4v) is 6.13. The molecule has 3 rings (SSSR count). The topological polar surface area (TPSA) is 96.0 Å². The summed E-state index contributed by atoms with van der Waals surface area (Å²) in [7, 11) is -4.16. The van der Waals surface area contributed by atoms with E-state index in [-0.39, 0.29) is 23.3 Å². The smallest absolute Gasteiger partial charge is 0.264 e. The van der Waals surface area contributed by atoms with Crippen LogP contribution in [-0.2, 0) is 26.2 Å². The summed E-state index contributed by atoms with van der Waals surface area (Å²) in [5, 5.41) is 2.95. The Labute approximate surface area is 258 Å². The number of nitrogens with zero attached hydrogens (tertiary/aromatic N) is 2. The van der Waals surface area contributed by atoms with E-state index in [9.17, 15) is 18.0 Å². The van der Waals surface area contributed by atoms with Gasteiger partial charge in [0, 0.05) is 17.6 Å². The van der Waals surface area contributed by atoms with Crippen LogP contribution in [0.4, 0.5) is 5.69 Å². The van der Waals surface area contributed by atoms with Gasteiger partial charge in [0.25, 0.3) is 10.0 Å². The van der Waals surface area contributed by atoms with Crippen molar-refractivity contribution in [2.75, 3.05) is 24.0 Å². The van der Waals surface area contributed by atoms with Gasteiger partial charge in [-0.05, 0) is 85.8 Å². The van der Waals surface area contributed by atoms with Crippen LogP contribution in [0.25, 0.3) is 0 Å². The minimum atomic E-state index is -4.16. The van der Waals surface area contributed by atoms with Gasteiger partial charge in [0.2, 0.25) is 11.8 Å². The van der Waals surface area contributed by atoms with Crippen LogP contribution in [0.5, 0.6) is 5.75 Å². The second-order valence-electron chi connectivity index (χ2n) is 10.4. The number of anilines is 1. The number of rotatable bonds is 14. The van der Waals surface area contributed by atoms with E-state index in [0.29, 0.717) is 31.0 Å². The summed E-state index contributed by atoms with van der Waals surface area (Å²) in [6.07, 6.45) is 0.365. The van der Waals surface area contributed by atoms with Gasteiger partial charge in [0.15, 0.2) is 0 Å². The largest absolute Gasteiger partial charge is 0.494 e. The summed E-state index contributed by atoms with van der Waals surface area (Å²) < 4.78 is 35.4. The molecule has 0 saturated carbocycles. The Morgan fingerprint density at radius 2 is 1.60 bits per heavy atom. The van der Waals surface area contributed by atoms with Gasteiger partial charge in [-0.3, -0.25) is 13.9 Å². The van der Waals surface area contributed by atoms with Crippen LogP contribution >= 0.6 is 15.9 Å². The standard InChI is InChI=1S/C32H40BrN3O5S/c1-6-30(32(38)34-20-23(3)4)35(21-25-11-9-8-10-24(25)5)31(37)22-36(27-14-16-28(17-15-27)41-7-2)42(39,40)29-18-12-26(33)13-19-29/h8-19,23,30H,6-7,20-22H2,1-5H3,(H,34,38)/t30-/m1/s1. The monoisotopic (exact) mass is 657 g/mol. The van der Waals surface area contributed by atoms with Crippen LogP contribution in [0.1, 0.15) is 45.2 Å². The second kappa shape index (κ2) is 15.2. The maximum Gasteiger partial charge on any atom is 0.264 e. The van der Waals surface area contributed by atoms with Crippen molar-refractivity contribution < 1.29 is 22.7 Å². The number of carbonyl (C=O) groups is 2. The number of benzene rings is 3. The molecule has 8 nitrogen and oxygen atoms in total. The molecule has 0 aliphatic carbocycles. The number of amides is 2. The molecule has 0 unspecified atom stereocenters. The molecule has 0 saturated heterocycles. The SMILES string of the molecule is CCOc1ccc(N(CC(=O)N(Cc2ccccc2C)[C@H](CC)C(=O)NCC(C)C)S(=O)(=O)c2ccc(Br)cc2)cc1. The number of ether oxygens (including phenoxy) is 1. The zero-order chi connectivity index (χ0) is 30.9. The van der Waals surface area contributed by atoms with Gasteiger partial charge in [-0.15, -0.1) is 0 Å². The minimum Gasteiger partial charge on any atom is -0.494 e. The third-order valence-corrected chi connectivity index (χ3v) is 9.11. The van der Waals surface area contributed by atoms with E-state index in [1.165, 1.54) is 17.0 Å². The molecule has 3 aromatic carbocycles. The van der Waals surface area contributed by atoms with Gasteiger partial charge >= 0.3 is 0 Å². The zero-order valence-corrected chi connectivity index (χ0v) is 27.2. The number of sulfonamides is 1. The van der Waals surface area contributed by atoms with E-state index in [1.54, 1.807) is 36.4 Å². The van der Waals surface area contributed by atoms with Crippen molar-refractivity contribution in [3.63, 3.8) is 0 Å². The molecule has 0 radical (unpaired) electrons. The Morgan fingerprint density at radius 3 is 2.17 bits per heavy atom. The fourth-order valence-electron chi connectivity index (χ4n) is 4.45. The number of aryl methyl sites for hydroxylation is 1. The van der Waals surface area contributed by atoms with Gasteiger partial charge in [0.05, 0.1) is 17.2 Å². The summed E-state index contributed by atoms with van der Waals surface area (Å²) in [6.45, 7) is 10.3. The van der Waals surface area contributed by atoms with Crippen LogP contribution in [0.15, 0.2) is 82.2 Å². The molecule has 0 aliphatic rings. The fraction of sp³-hybridized carbons (Fsp3) is 0.375. The number of carbonyl (C=O) groups excluding carboxylic acids is 2. The second-order valence-corrected chi connectivity index (χ2v) is 13.2. The highest BCUT2D eigenvalue weighted by molar-refractivity contribution is 9.10. The first-order chi connectivity index (χ1) is 20.0. The molecule has 2 amide bonds. The van der Waals surface area contributed by atoms with Crippen LogP contribution in [-0.4, -0.2) is 50.9 Å². The number of halogens is 1. The van der Waals surface area contributed by atoms with E-state index in [1.807, 2.05) is 58.9 Å². The lowest BCUT2D eigenvalue weighted by atomic mass is 10.1. The number of hydrogen-bond donors (Lipinski definition) is 1. The van der Waals surface area contributed by atoms with Crippen molar-refractivity contribution >= 4 is 43.5 Å². The van der Waals surface area contributed by atoms with Gasteiger partial charge in [-0.25, -0.2) is 8.42 Å². The van der Waals surface area contributed by atoms with E-state index in [0.717, 1.165) is 19.9 Å². The summed E-state index contributed by atoms with van der Waals surface area (Å²) in [5.41, 5.74) is 2.16. The van der Waals surface area contributed by atoms with Gasteiger partial charge < -0.3 is 15.0 Å². The Hall–Kier alpha value is -3.37. The minimum absolute atomic E-state index is 0.0413. The average Bonchev–Trinajstić information content (AvgIpc) is 2.96. The zero-order valence-electron chi connectivity index (χ0n) is 24.8. The Kier molecular flexibility index (Phi) is 12.0. The van der Waals surface area contributed by atoms with Crippen molar-refractivity contribution in [3.05, 3.63) is 88.4 Å². The Bertz CT molecular complexity index is 1440. The molecule has 10 heteroatoms. The Balaban J connectivity index is 2.06. The molecule has 0 aromatic heterocycles. The maximum atomic E-state index is 14.2. The van der Waals surface area contributed by atoms with E-state index in [2.05, 4.69) is 21.2 Å². The third kappa shape index (κ3) is 8.58. The molecule has 1 atom stereocenters. The predicted octanol–water partition coefficient (Wildman–Crippen LogP) is 5.93. The first-order valence-electron chi connectivity index (χ1n) is 14.1. The quantitative estimate of drug-likeness (QED) is 0.232. The normalized spacial score (nSPS) is 12.1. The van der Waals surface area contributed by atoms with Crippen LogP contribution in [0.2, 0.25) is 0 Å². The molecule has 1 N–H and O–H groups in total. The highest BCUT2D eigenvalue weighted by Crippen LogP contribution is 2.28. The molecule has 0 spiro atoms. The van der Waals surface area contributed by atoms with Crippen LogP contribution in [0.3, 0.4) is 0 Å². The summed E-state index contributed by atoms with van der Waals surface area (Å²) in [6, 6.07) is 19.7. The third-order valence-electron chi connectivity index (χ3n) is 6.79. The summed E-state index contributed by atoms with van der Waals surface area (Å²) in [4.78, 5) is 29.1. The van der Waals surface area contributed by atoms with Crippen molar-refractivity contribution in [3.8, 4) is 5.75 Å². The lowest BCUT2D eigenvalue weighted by Gasteiger charge is -2.33. The summed E-state index contributed by atoms with van der Waals surface area (Å²) >= 11 is 3.35. The van der Waals surface area contributed by atoms with E-state index < -0.39 is 28.5 Å². The Morgan fingerprint density at radius 1 is 0.952 bits per heavy atom. The number of hydrogen-bond acceptors (Lipinski definition) is 5.